The van der Waals surface area contributed by atoms with Crippen LogP contribution in [0.1, 0.15) is 53.0 Å². The first-order chi connectivity index (χ1) is 21.5. The van der Waals surface area contributed by atoms with Gasteiger partial charge in [0.05, 0.1) is 31.0 Å². The van der Waals surface area contributed by atoms with Crippen LogP contribution < -0.4 is 5.73 Å². The number of halogens is 9. The van der Waals surface area contributed by atoms with Gasteiger partial charge >= 0.3 is 17.9 Å². The number of aliphatic hydroxyl groups excluding tert-OH is 1. The smallest absolute Gasteiger partial charge is 0.341 e. The summed E-state index contributed by atoms with van der Waals surface area (Å²) < 4.78 is 47.0. The Morgan fingerprint density at radius 3 is 1.34 bits per heavy atom. The molecule has 0 unspecified atom stereocenters. The average Bonchev–Trinajstić information content (AvgIpc) is 3.10. The summed E-state index contributed by atoms with van der Waals surface area (Å²) in [5.41, 5.74) is 6.97. The fourth-order valence-corrected chi connectivity index (χ4v) is 2.05. The van der Waals surface area contributed by atoms with Crippen molar-refractivity contribution in [3.8, 4) is 0 Å². The van der Waals surface area contributed by atoms with E-state index in [4.69, 9.17) is 47.2 Å². The molecule has 0 aliphatic carbocycles. The topological polar surface area (TPSA) is 201 Å². The molecule has 50 heavy (non-hydrogen) atoms. The number of aliphatic hydroxyl groups is 1. The Hall–Kier alpha value is -4.28. The minimum Gasteiger partial charge on any atom is -0.478 e. The van der Waals surface area contributed by atoms with E-state index in [9.17, 15) is 14.4 Å². The highest BCUT2D eigenvalue weighted by atomic mass is 36.0. The third-order valence-electron chi connectivity index (χ3n) is 3.85. The number of hydrogen-bond donors (Lipinski definition) is 3. The zero-order valence-corrected chi connectivity index (χ0v) is 28.5. The van der Waals surface area contributed by atoms with Crippen LogP contribution in [0.4, 0.5) is 34.9 Å². The van der Waals surface area contributed by atoms with E-state index in [0.29, 0.717) is 17.7 Å². The highest BCUT2D eigenvalue weighted by molar-refractivity contribution is 8.26. The molecule has 14 nitrogen and oxygen atoms in total. The number of methoxy groups -OCH3 is 2. The lowest BCUT2D eigenvalue weighted by molar-refractivity contribution is 0.0591. The van der Waals surface area contributed by atoms with Crippen LogP contribution in [0, 0.1) is 13.1 Å². The van der Waals surface area contributed by atoms with Gasteiger partial charge in [-0.05, 0) is 24.3 Å². The predicted octanol–water partition coefficient (Wildman–Crippen LogP) is 7.39. The van der Waals surface area contributed by atoms with Crippen LogP contribution >= 0.6 is 46.2 Å². The van der Waals surface area contributed by atoms with Gasteiger partial charge in [0.15, 0.2) is 0 Å². The molecular weight excluding hydrogens is 793 g/mol. The van der Waals surface area contributed by atoms with Crippen molar-refractivity contribution in [2.75, 3.05) is 21.3 Å². The second kappa shape index (κ2) is 46.8. The van der Waals surface area contributed by atoms with Gasteiger partial charge in [-0.1, -0.05) is 40.1 Å². The Labute approximate surface area is 312 Å². The van der Waals surface area contributed by atoms with Gasteiger partial charge in [-0.25, -0.2) is 18.6 Å². The third-order valence-corrected chi connectivity index (χ3v) is 3.85. The Morgan fingerprint density at radius 2 is 1.14 bits per heavy atom. The molecule has 0 spiro atoms. The van der Waals surface area contributed by atoms with E-state index in [-0.39, 0.29) is 73.7 Å². The molecular formula is C26H39Cl4F5N6O8S. The van der Waals surface area contributed by atoms with Crippen LogP contribution in [0.5, 0.6) is 0 Å². The van der Waals surface area contributed by atoms with Crippen molar-refractivity contribution in [1.29, 1.82) is 1.45 Å². The summed E-state index contributed by atoms with van der Waals surface area (Å²) in [7, 11) is 11.0. The molecule has 4 N–H and O–H groups in total. The number of carbonyl (C=O) groups is 3. The maximum atomic E-state index is 10.9. The summed E-state index contributed by atoms with van der Waals surface area (Å²) in [6, 6.07) is 9.04. The van der Waals surface area contributed by atoms with Crippen molar-refractivity contribution in [1.82, 2.24) is 15.0 Å². The first kappa shape index (κ1) is 67.8. The third kappa shape index (κ3) is 35.0. The molecule has 24 heteroatoms. The molecule has 3 heterocycles. The number of aromatic nitrogens is 3. The number of hydrogen-bond acceptors (Lipinski definition) is 11. The fourth-order valence-electron chi connectivity index (χ4n) is 2.05. The van der Waals surface area contributed by atoms with Gasteiger partial charge in [-0.2, -0.15) is 0 Å². The Morgan fingerprint density at radius 1 is 0.840 bits per heavy atom. The molecule has 0 radical (unpaired) electrons. The number of nitrogens with two attached hydrogens (primary N) is 1. The van der Waals surface area contributed by atoms with Crippen molar-refractivity contribution in [3.63, 3.8) is 0 Å². The SMILES string of the molecule is C.C.CO.COC(=O)c1ccc(CN)nc1.Cl.Cl.F.F.FF.O=S(Cl)Cl.[2H]F.[C-]#[N+]c1ccc(C(=O)O)cn1.[C-]#[N+]c1ccc(C(=O)OC)cn1.[HH]. The standard InChI is InChI=1S/C8H6N2O2.C8H10N2O2.C7H4N2O2.CH4O.2CH4.Cl2OS.2ClH.F2.3FH.H2/c1-9-7-4-3-6(5-10-7)8(11)12-2;1-12-8(11)6-2-3-7(4-9)10-5-6;1-8-6-3-2-5(4-9-6)7(10)11;1-2;;;1-4(2)3;;;1-2;;;;/h3-5H,2H3;2-3,5H,4,9H2,1H3;2-4H,(H,10,11);2H,1H3;2*1H4;;2*1H;;4*1H/i/hD. The summed E-state index contributed by atoms with van der Waals surface area (Å²) >= 11 is 0. The molecule has 3 aromatic rings. The van der Waals surface area contributed by atoms with Crippen LogP contribution in [-0.2, 0) is 25.2 Å². The lowest BCUT2D eigenvalue weighted by Gasteiger charge is -1.98. The summed E-state index contributed by atoms with van der Waals surface area (Å²) in [6.45, 7) is 13.5. The lowest BCUT2D eigenvalue weighted by atomic mass is 10.2. The molecule has 0 saturated carbocycles. The van der Waals surface area contributed by atoms with Crippen molar-refractivity contribution in [2.45, 2.75) is 21.4 Å². The van der Waals surface area contributed by atoms with E-state index in [1.807, 2.05) is 0 Å². The maximum Gasteiger partial charge on any atom is 0.341 e. The normalized spacial score (nSPS) is 7.34. The van der Waals surface area contributed by atoms with Gasteiger partial charge in [-0.3, -0.25) is 19.1 Å². The number of carbonyl (C=O) groups excluding carboxylic acids is 2. The minimum atomic E-state index is -1.67. The zero-order chi connectivity index (χ0) is 35.8. The van der Waals surface area contributed by atoms with Crippen LogP contribution in [0.25, 0.3) is 9.69 Å². The molecule has 0 fully saturated rings. The predicted molar refractivity (Wildman–Crippen MR) is 191 cm³/mol. The van der Waals surface area contributed by atoms with Gasteiger partial charge < -0.3 is 35.1 Å². The number of pyridine rings is 3. The summed E-state index contributed by atoms with van der Waals surface area (Å²) in [5, 5.41) is 15.4. The fraction of sp³-hybridized carbons (Fsp3) is 0.231. The van der Waals surface area contributed by atoms with Gasteiger partial charge in [0.2, 0.25) is 9.23 Å². The summed E-state index contributed by atoms with van der Waals surface area (Å²) in [5.74, 6) is -1.39. The average molecular weight is 834 g/mol. The van der Waals surface area contributed by atoms with E-state index in [1.165, 1.54) is 50.9 Å². The van der Waals surface area contributed by atoms with Crippen LogP contribution in [0.15, 0.2) is 55.0 Å². The number of carboxylic acids is 1. The molecule has 3 rings (SSSR count). The van der Waals surface area contributed by atoms with Gasteiger partial charge in [0.1, 0.15) is 18.0 Å². The summed E-state index contributed by atoms with van der Waals surface area (Å²) in [4.78, 5) is 49.4. The molecule has 3 aromatic heterocycles. The molecule has 290 valence electrons. The van der Waals surface area contributed by atoms with E-state index < -0.39 is 21.2 Å². The van der Waals surface area contributed by atoms with Crippen molar-refractivity contribution in [3.05, 3.63) is 100 Å². The summed E-state index contributed by atoms with van der Waals surface area (Å²) in [6.07, 6.45) is 3.93. The van der Waals surface area contributed by atoms with Crippen molar-refractivity contribution < 1.29 is 63.0 Å². The van der Waals surface area contributed by atoms with Gasteiger partial charge in [0.25, 0.3) is 13.1 Å². The number of carboxylic acid groups (broad SMARTS) is 1. The molecule has 0 aliphatic rings. The Bertz CT molecular complexity index is 1370. The second-order valence-electron chi connectivity index (χ2n) is 6.25. The highest BCUT2D eigenvalue weighted by Gasteiger charge is 2.06. The van der Waals surface area contributed by atoms with Crippen LogP contribution in [0.2, 0.25) is 0 Å². The molecule has 0 bridgehead atoms. The second-order valence-corrected chi connectivity index (χ2v) is 8.77. The van der Waals surface area contributed by atoms with E-state index >= 15 is 0 Å². The highest BCUT2D eigenvalue weighted by Crippen LogP contribution is 2.09. The van der Waals surface area contributed by atoms with E-state index in [0.717, 1.165) is 19.0 Å². The van der Waals surface area contributed by atoms with E-state index in [1.54, 1.807) is 12.1 Å². The molecule has 0 saturated heterocycles. The Balaban J connectivity index is -0.0000000451. The van der Waals surface area contributed by atoms with E-state index in [2.05, 4.69) is 56.9 Å². The van der Waals surface area contributed by atoms with Crippen LogP contribution in [-0.4, -0.2) is 70.1 Å². The maximum absolute atomic E-state index is 10.9. The number of ether oxygens (including phenoxy) is 2. The first-order valence-electron chi connectivity index (χ1n) is 11.0. The minimum absolute atomic E-state index is 0. The Kier molecular flexibility index (Phi) is 63.5. The van der Waals surface area contributed by atoms with Crippen molar-refractivity contribution in [2.24, 2.45) is 5.73 Å². The number of rotatable bonds is 4. The quantitative estimate of drug-likeness (QED) is 0.102. The number of nitrogens with zero attached hydrogens (tertiary/aromatic N) is 5. The molecule has 0 atom stereocenters. The first-order valence-corrected chi connectivity index (χ1v) is 13.4. The number of esters is 2. The number of aromatic carboxylic acids is 1. The zero-order valence-electron chi connectivity index (χ0n) is 25.5. The largest absolute Gasteiger partial charge is 0.478 e. The van der Waals surface area contributed by atoms with Gasteiger partial charge in [0, 0.05) is 51.8 Å². The lowest BCUT2D eigenvalue weighted by Crippen LogP contribution is -2.04. The van der Waals surface area contributed by atoms with Gasteiger partial charge in [-0.15, -0.1) is 34.8 Å². The van der Waals surface area contributed by atoms with Crippen molar-refractivity contribution >= 4 is 84.9 Å². The van der Waals surface area contributed by atoms with Crippen LogP contribution in [0.3, 0.4) is 0 Å². The molecule has 0 aromatic carbocycles. The molecule has 0 amide bonds. The monoisotopic (exact) mass is 831 g/mol. The molecule has 0 aliphatic heterocycles.